The Bertz CT molecular complexity index is 1170. The predicted molar refractivity (Wildman–Crippen MR) is 128 cm³/mol. The van der Waals surface area contributed by atoms with Crippen LogP contribution in [0, 0.1) is 10.1 Å². The quantitative estimate of drug-likeness (QED) is 0.385. The summed E-state index contributed by atoms with van der Waals surface area (Å²) in [5.74, 6) is 0.829. The van der Waals surface area contributed by atoms with Crippen LogP contribution in [0.5, 0.6) is 11.5 Å². The van der Waals surface area contributed by atoms with Crippen LogP contribution in [-0.4, -0.2) is 43.1 Å². The van der Waals surface area contributed by atoms with Crippen molar-refractivity contribution in [2.24, 2.45) is 0 Å². The number of carbonyl (C=O) groups is 1. The molecule has 2 aromatic carbocycles. The molecule has 0 saturated carbocycles. The zero-order chi connectivity index (χ0) is 23.4. The number of benzene rings is 2. The van der Waals surface area contributed by atoms with Crippen LogP contribution < -0.4 is 19.7 Å². The largest absolute Gasteiger partial charge is 0.497 e. The van der Waals surface area contributed by atoms with Gasteiger partial charge in [0.25, 0.3) is 11.6 Å². The molecular weight excluding hydrogens is 444 g/mol. The highest BCUT2D eigenvalue weighted by atomic mass is 32.1. The highest BCUT2D eigenvalue weighted by molar-refractivity contribution is 7.14. The molecule has 1 aliphatic rings. The Morgan fingerprint density at radius 1 is 1.12 bits per heavy atom. The number of nitro groups is 1. The molecule has 0 bridgehead atoms. The van der Waals surface area contributed by atoms with Gasteiger partial charge in [0, 0.05) is 35.7 Å². The van der Waals surface area contributed by atoms with Crippen LogP contribution in [0.3, 0.4) is 0 Å². The molecule has 2 heterocycles. The van der Waals surface area contributed by atoms with Gasteiger partial charge in [0.05, 0.1) is 24.8 Å². The van der Waals surface area contributed by atoms with E-state index in [1.807, 2.05) is 11.0 Å². The number of nitro benzene ring substituents is 1. The van der Waals surface area contributed by atoms with Crippen LogP contribution in [0.1, 0.15) is 29.6 Å². The van der Waals surface area contributed by atoms with Crippen molar-refractivity contribution in [2.45, 2.75) is 19.3 Å². The van der Waals surface area contributed by atoms with Gasteiger partial charge in [-0.15, -0.1) is 11.3 Å². The average molecular weight is 469 g/mol. The van der Waals surface area contributed by atoms with Crippen LogP contribution in [0.4, 0.5) is 16.5 Å². The summed E-state index contributed by atoms with van der Waals surface area (Å²) in [7, 11) is 3.15. The van der Waals surface area contributed by atoms with E-state index in [0.29, 0.717) is 28.0 Å². The van der Waals surface area contributed by atoms with Gasteiger partial charge in [-0.1, -0.05) is 0 Å². The molecule has 9 nitrogen and oxygen atoms in total. The normalized spacial score (nSPS) is 13.5. The minimum absolute atomic E-state index is 0.0644. The second-order valence-corrected chi connectivity index (χ2v) is 8.42. The molecule has 3 aromatic rings. The van der Waals surface area contributed by atoms with Crippen molar-refractivity contribution in [3.8, 4) is 22.8 Å². The molecule has 0 aliphatic carbocycles. The van der Waals surface area contributed by atoms with E-state index in [1.165, 1.54) is 17.4 Å². The molecule has 1 amide bonds. The zero-order valence-corrected chi connectivity index (χ0v) is 19.2. The lowest BCUT2D eigenvalue weighted by molar-refractivity contribution is -0.384. The molecule has 4 rings (SSSR count). The summed E-state index contributed by atoms with van der Waals surface area (Å²) in [5.41, 5.74) is 2.05. The van der Waals surface area contributed by atoms with Gasteiger partial charge < -0.3 is 14.4 Å². The number of ether oxygens (including phenoxy) is 2. The van der Waals surface area contributed by atoms with E-state index in [1.54, 1.807) is 43.9 Å². The summed E-state index contributed by atoms with van der Waals surface area (Å²) in [6, 6.07) is 9.99. The van der Waals surface area contributed by atoms with E-state index in [9.17, 15) is 14.9 Å². The third kappa shape index (κ3) is 4.90. The van der Waals surface area contributed by atoms with E-state index in [0.717, 1.165) is 37.9 Å². The number of amides is 1. The van der Waals surface area contributed by atoms with Crippen molar-refractivity contribution in [1.29, 1.82) is 0 Å². The molecule has 33 heavy (non-hydrogen) atoms. The highest BCUT2D eigenvalue weighted by Gasteiger charge is 2.23. The fraction of sp³-hybridized carbons (Fsp3) is 0.304. The lowest BCUT2D eigenvalue weighted by Gasteiger charge is -2.28. The van der Waals surface area contributed by atoms with Crippen molar-refractivity contribution in [3.63, 3.8) is 0 Å². The first-order valence-corrected chi connectivity index (χ1v) is 11.4. The minimum Gasteiger partial charge on any atom is -0.497 e. The standard InChI is InChI=1S/C23H24N4O5S/c1-31-16-7-9-21(32-2)17(13-16)18-14-33-23(24-18)25-22(28)15-6-8-19(20(12-15)27(29)30)26-10-4-3-5-11-26/h6-9,12-14H,3-5,10-11H2,1-2H3,(H,24,25,28). The molecule has 10 heteroatoms. The van der Waals surface area contributed by atoms with Gasteiger partial charge >= 0.3 is 0 Å². The lowest BCUT2D eigenvalue weighted by Crippen LogP contribution is -2.30. The number of hydrogen-bond acceptors (Lipinski definition) is 8. The first kappa shape index (κ1) is 22.5. The number of rotatable bonds is 7. The Balaban J connectivity index is 1.55. The van der Waals surface area contributed by atoms with E-state index in [2.05, 4.69) is 10.3 Å². The number of carbonyl (C=O) groups excluding carboxylic acids is 1. The second kappa shape index (κ2) is 9.86. The molecule has 1 fully saturated rings. The maximum atomic E-state index is 12.8. The van der Waals surface area contributed by atoms with E-state index in [4.69, 9.17) is 9.47 Å². The van der Waals surface area contributed by atoms with Crippen molar-refractivity contribution in [2.75, 3.05) is 37.5 Å². The molecule has 1 aromatic heterocycles. The highest BCUT2D eigenvalue weighted by Crippen LogP contribution is 2.35. The maximum Gasteiger partial charge on any atom is 0.293 e. The Morgan fingerprint density at radius 2 is 1.91 bits per heavy atom. The minimum atomic E-state index is -0.457. The Labute approximate surface area is 195 Å². The monoisotopic (exact) mass is 468 g/mol. The topological polar surface area (TPSA) is 107 Å². The smallest absolute Gasteiger partial charge is 0.293 e. The molecule has 0 spiro atoms. The molecule has 172 valence electrons. The Morgan fingerprint density at radius 3 is 2.61 bits per heavy atom. The number of hydrogen-bond donors (Lipinski definition) is 1. The van der Waals surface area contributed by atoms with Gasteiger partial charge in [-0.3, -0.25) is 20.2 Å². The van der Waals surface area contributed by atoms with E-state index in [-0.39, 0.29) is 11.3 Å². The Kier molecular flexibility index (Phi) is 6.74. The van der Waals surface area contributed by atoms with Crippen molar-refractivity contribution >= 4 is 33.8 Å². The first-order valence-electron chi connectivity index (χ1n) is 10.5. The second-order valence-electron chi connectivity index (χ2n) is 7.57. The molecule has 1 saturated heterocycles. The van der Waals surface area contributed by atoms with Gasteiger partial charge in [0.1, 0.15) is 17.2 Å². The van der Waals surface area contributed by atoms with Crippen LogP contribution in [0.2, 0.25) is 0 Å². The number of nitrogens with zero attached hydrogens (tertiary/aromatic N) is 3. The summed E-state index contributed by atoms with van der Waals surface area (Å²) in [5, 5.41) is 16.6. The summed E-state index contributed by atoms with van der Waals surface area (Å²) < 4.78 is 10.7. The summed E-state index contributed by atoms with van der Waals surface area (Å²) in [4.78, 5) is 30.6. The Hall–Kier alpha value is -3.66. The van der Waals surface area contributed by atoms with Crippen LogP contribution in [-0.2, 0) is 0 Å². The predicted octanol–water partition coefficient (Wildman–Crippen LogP) is 4.98. The number of aromatic nitrogens is 1. The van der Waals surface area contributed by atoms with Crippen LogP contribution in [0.15, 0.2) is 41.8 Å². The summed E-state index contributed by atoms with van der Waals surface area (Å²) in [6.45, 7) is 1.56. The van der Waals surface area contributed by atoms with Crippen LogP contribution >= 0.6 is 11.3 Å². The lowest BCUT2D eigenvalue weighted by atomic mass is 10.1. The third-order valence-corrected chi connectivity index (χ3v) is 6.30. The summed E-state index contributed by atoms with van der Waals surface area (Å²) >= 11 is 1.25. The SMILES string of the molecule is COc1ccc(OC)c(-c2csc(NC(=O)c3ccc(N4CCCCC4)c([N+](=O)[O-])c3)n2)c1. The fourth-order valence-electron chi connectivity index (χ4n) is 3.85. The average Bonchev–Trinajstić information content (AvgIpc) is 3.32. The van der Waals surface area contributed by atoms with E-state index >= 15 is 0 Å². The molecule has 1 N–H and O–H groups in total. The van der Waals surface area contributed by atoms with Crippen molar-refractivity contribution in [3.05, 3.63) is 57.5 Å². The number of piperidine rings is 1. The molecular formula is C23H24N4O5S. The van der Waals surface area contributed by atoms with Gasteiger partial charge in [0.15, 0.2) is 5.13 Å². The maximum absolute atomic E-state index is 12.8. The zero-order valence-electron chi connectivity index (χ0n) is 18.4. The van der Waals surface area contributed by atoms with Crippen molar-refractivity contribution in [1.82, 2.24) is 4.98 Å². The third-order valence-electron chi connectivity index (χ3n) is 5.54. The first-order chi connectivity index (χ1) is 16.0. The molecule has 0 radical (unpaired) electrons. The van der Waals surface area contributed by atoms with E-state index < -0.39 is 10.8 Å². The molecule has 0 unspecified atom stereocenters. The van der Waals surface area contributed by atoms with Gasteiger partial charge in [-0.05, 0) is 49.6 Å². The van der Waals surface area contributed by atoms with Crippen LogP contribution in [0.25, 0.3) is 11.3 Å². The van der Waals surface area contributed by atoms with Crippen molar-refractivity contribution < 1.29 is 19.2 Å². The number of thiazole rings is 1. The van der Waals surface area contributed by atoms with Gasteiger partial charge in [0.2, 0.25) is 0 Å². The molecule has 0 atom stereocenters. The number of nitrogens with one attached hydrogen (secondary N) is 1. The fourth-order valence-corrected chi connectivity index (χ4v) is 4.56. The number of methoxy groups -OCH3 is 2. The molecule has 1 aliphatic heterocycles. The van der Waals surface area contributed by atoms with Gasteiger partial charge in [-0.2, -0.15) is 0 Å². The number of anilines is 2. The summed E-state index contributed by atoms with van der Waals surface area (Å²) in [6.07, 6.45) is 3.13. The van der Waals surface area contributed by atoms with Gasteiger partial charge in [-0.25, -0.2) is 4.98 Å².